The van der Waals surface area contributed by atoms with Gasteiger partial charge in [0.1, 0.15) is 0 Å². The van der Waals surface area contributed by atoms with E-state index in [2.05, 4.69) is 4.98 Å². The number of likely N-dealkylation sites (tertiary alicyclic amines) is 1. The highest BCUT2D eigenvalue weighted by molar-refractivity contribution is 5.94. The first-order chi connectivity index (χ1) is 10.8. The highest BCUT2D eigenvalue weighted by atomic mass is 16.5. The minimum Gasteiger partial charge on any atom is -0.372 e. The lowest BCUT2D eigenvalue weighted by molar-refractivity contribution is -0.00681. The predicted molar refractivity (Wildman–Crippen MR) is 84.4 cm³/mol. The number of rotatable bonds is 4. The third kappa shape index (κ3) is 3.71. The van der Waals surface area contributed by atoms with Crippen molar-refractivity contribution in [1.29, 1.82) is 0 Å². The summed E-state index contributed by atoms with van der Waals surface area (Å²) in [5, 5.41) is 0. The van der Waals surface area contributed by atoms with Crippen molar-refractivity contribution in [3.63, 3.8) is 0 Å². The van der Waals surface area contributed by atoms with E-state index < -0.39 is 0 Å². The molecule has 1 aromatic carbocycles. The van der Waals surface area contributed by atoms with Gasteiger partial charge in [-0.2, -0.15) is 0 Å². The summed E-state index contributed by atoms with van der Waals surface area (Å²) < 4.78 is 5.95. The number of carbonyl (C=O) groups excluding carboxylic acids is 1. The number of amides is 1. The molecule has 0 saturated carbocycles. The lowest BCUT2D eigenvalue weighted by Crippen LogP contribution is -2.43. The van der Waals surface area contributed by atoms with Gasteiger partial charge in [-0.1, -0.05) is 24.3 Å². The van der Waals surface area contributed by atoms with E-state index in [0.29, 0.717) is 13.2 Å². The van der Waals surface area contributed by atoms with E-state index in [0.717, 1.165) is 30.5 Å². The molecule has 1 aromatic heterocycles. The molecular formula is C18H20N2O2. The molecule has 0 aliphatic carbocycles. The molecule has 1 fully saturated rings. The van der Waals surface area contributed by atoms with Gasteiger partial charge in [-0.15, -0.1) is 0 Å². The maximum atomic E-state index is 12.5. The fourth-order valence-corrected chi connectivity index (χ4v) is 2.72. The van der Waals surface area contributed by atoms with E-state index >= 15 is 0 Å². The Balaban J connectivity index is 1.56. The zero-order valence-corrected chi connectivity index (χ0v) is 12.5. The van der Waals surface area contributed by atoms with Crippen molar-refractivity contribution in [3.05, 3.63) is 66.0 Å². The number of piperidine rings is 1. The van der Waals surface area contributed by atoms with E-state index in [1.807, 2.05) is 53.6 Å². The summed E-state index contributed by atoms with van der Waals surface area (Å²) in [6.45, 7) is 2.01. The van der Waals surface area contributed by atoms with Crippen LogP contribution in [0.25, 0.3) is 0 Å². The van der Waals surface area contributed by atoms with Crippen molar-refractivity contribution in [3.8, 4) is 0 Å². The predicted octanol–water partition coefficient (Wildman–Crippen LogP) is 2.90. The average molecular weight is 296 g/mol. The third-order valence-electron chi connectivity index (χ3n) is 3.89. The van der Waals surface area contributed by atoms with Crippen LogP contribution >= 0.6 is 0 Å². The van der Waals surface area contributed by atoms with Crippen molar-refractivity contribution < 1.29 is 9.53 Å². The van der Waals surface area contributed by atoms with Crippen LogP contribution in [0.15, 0.2) is 54.9 Å². The van der Waals surface area contributed by atoms with Crippen molar-refractivity contribution >= 4 is 5.91 Å². The van der Waals surface area contributed by atoms with Crippen LogP contribution < -0.4 is 0 Å². The van der Waals surface area contributed by atoms with Crippen LogP contribution in [-0.4, -0.2) is 35.0 Å². The molecule has 0 spiro atoms. The zero-order chi connectivity index (χ0) is 15.2. The van der Waals surface area contributed by atoms with Gasteiger partial charge >= 0.3 is 0 Å². The highest BCUT2D eigenvalue weighted by Gasteiger charge is 2.24. The topological polar surface area (TPSA) is 42.4 Å². The van der Waals surface area contributed by atoms with Gasteiger partial charge in [0.25, 0.3) is 5.91 Å². The third-order valence-corrected chi connectivity index (χ3v) is 3.89. The molecule has 1 atom stereocenters. The first-order valence-corrected chi connectivity index (χ1v) is 7.68. The summed E-state index contributed by atoms with van der Waals surface area (Å²) in [6.07, 6.45) is 5.65. The van der Waals surface area contributed by atoms with Crippen LogP contribution in [0, 0.1) is 0 Å². The van der Waals surface area contributed by atoms with Crippen LogP contribution in [0.2, 0.25) is 0 Å². The highest BCUT2D eigenvalue weighted by Crippen LogP contribution is 2.17. The van der Waals surface area contributed by atoms with E-state index in [-0.39, 0.29) is 12.0 Å². The van der Waals surface area contributed by atoms with Gasteiger partial charge in [0.15, 0.2) is 0 Å². The molecular weight excluding hydrogens is 276 g/mol. The molecule has 114 valence electrons. The summed E-state index contributed by atoms with van der Waals surface area (Å²) in [7, 11) is 0. The lowest BCUT2D eigenvalue weighted by atomic mass is 10.1. The first kappa shape index (κ1) is 14.7. The Hall–Kier alpha value is -2.20. The van der Waals surface area contributed by atoms with Crippen LogP contribution in [0.1, 0.15) is 28.8 Å². The van der Waals surface area contributed by atoms with Crippen LogP contribution in [0.4, 0.5) is 0 Å². The number of aromatic nitrogens is 1. The van der Waals surface area contributed by atoms with Crippen molar-refractivity contribution in [2.75, 3.05) is 13.1 Å². The number of ether oxygens (including phenoxy) is 1. The standard InChI is InChI=1S/C18H20N2O2/c21-18(16-7-2-1-3-8-16)20-11-5-9-17(13-20)22-14-15-6-4-10-19-12-15/h1-4,6-8,10,12,17H,5,9,11,13-14H2. The molecule has 1 saturated heterocycles. The van der Waals surface area contributed by atoms with Gasteiger partial charge in [0.05, 0.1) is 12.7 Å². The molecule has 0 radical (unpaired) electrons. The molecule has 4 nitrogen and oxygen atoms in total. The second-order valence-electron chi connectivity index (χ2n) is 5.55. The van der Waals surface area contributed by atoms with Gasteiger partial charge in [-0.25, -0.2) is 0 Å². The number of pyridine rings is 1. The Morgan fingerprint density at radius 2 is 2.09 bits per heavy atom. The summed E-state index contributed by atoms with van der Waals surface area (Å²) >= 11 is 0. The Kier molecular flexibility index (Phi) is 4.81. The van der Waals surface area contributed by atoms with Gasteiger partial charge in [0.2, 0.25) is 0 Å². The van der Waals surface area contributed by atoms with Gasteiger partial charge in [0, 0.05) is 31.0 Å². The Bertz CT molecular complexity index is 601. The molecule has 0 bridgehead atoms. The number of nitrogens with zero attached hydrogens (tertiary/aromatic N) is 2. The normalized spacial score (nSPS) is 18.2. The molecule has 1 amide bonds. The Labute approximate surface area is 130 Å². The van der Waals surface area contributed by atoms with Crippen LogP contribution in [-0.2, 0) is 11.3 Å². The molecule has 2 heterocycles. The summed E-state index contributed by atoms with van der Waals surface area (Å²) in [6, 6.07) is 13.4. The molecule has 1 unspecified atom stereocenters. The van der Waals surface area contributed by atoms with Crippen LogP contribution in [0.5, 0.6) is 0 Å². The lowest BCUT2D eigenvalue weighted by Gasteiger charge is -2.32. The largest absolute Gasteiger partial charge is 0.372 e. The monoisotopic (exact) mass is 296 g/mol. The quantitative estimate of drug-likeness (QED) is 0.871. The SMILES string of the molecule is O=C(c1ccccc1)N1CCCC(OCc2cccnc2)C1. The maximum absolute atomic E-state index is 12.5. The minimum absolute atomic E-state index is 0.0928. The van der Waals surface area contributed by atoms with Crippen molar-refractivity contribution in [2.45, 2.75) is 25.6 Å². The zero-order valence-electron chi connectivity index (χ0n) is 12.5. The van der Waals surface area contributed by atoms with Gasteiger partial charge < -0.3 is 9.64 Å². The van der Waals surface area contributed by atoms with E-state index in [9.17, 15) is 4.79 Å². The number of hydrogen-bond acceptors (Lipinski definition) is 3. The summed E-state index contributed by atoms with van der Waals surface area (Å²) in [4.78, 5) is 18.5. The van der Waals surface area contributed by atoms with Crippen molar-refractivity contribution in [2.24, 2.45) is 0 Å². The van der Waals surface area contributed by atoms with Crippen LogP contribution in [0.3, 0.4) is 0 Å². The second-order valence-corrected chi connectivity index (χ2v) is 5.55. The molecule has 4 heteroatoms. The molecule has 0 N–H and O–H groups in total. The molecule has 1 aliphatic rings. The first-order valence-electron chi connectivity index (χ1n) is 7.68. The summed E-state index contributed by atoms with van der Waals surface area (Å²) in [5.41, 5.74) is 1.81. The van der Waals surface area contributed by atoms with E-state index in [4.69, 9.17) is 4.74 Å². The number of hydrogen-bond donors (Lipinski definition) is 0. The Morgan fingerprint density at radius 3 is 2.86 bits per heavy atom. The van der Waals surface area contributed by atoms with Crippen molar-refractivity contribution in [1.82, 2.24) is 9.88 Å². The van der Waals surface area contributed by atoms with E-state index in [1.54, 1.807) is 6.20 Å². The minimum atomic E-state index is 0.0928. The van der Waals surface area contributed by atoms with E-state index in [1.165, 1.54) is 0 Å². The molecule has 2 aromatic rings. The molecule has 1 aliphatic heterocycles. The number of benzene rings is 1. The maximum Gasteiger partial charge on any atom is 0.253 e. The van der Waals surface area contributed by atoms with Gasteiger partial charge in [-0.3, -0.25) is 9.78 Å². The number of carbonyl (C=O) groups is 1. The fraction of sp³-hybridized carbons (Fsp3) is 0.333. The second kappa shape index (κ2) is 7.18. The smallest absolute Gasteiger partial charge is 0.253 e. The Morgan fingerprint density at radius 1 is 1.23 bits per heavy atom. The molecule has 22 heavy (non-hydrogen) atoms. The van der Waals surface area contributed by atoms with Gasteiger partial charge in [-0.05, 0) is 36.6 Å². The molecule has 3 rings (SSSR count). The summed E-state index contributed by atoms with van der Waals surface area (Å²) in [5.74, 6) is 0.0928. The average Bonchev–Trinajstić information content (AvgIpc) is 2.61. The fourth-order valence-electron chi connectivity index (χ4n) is 2.72.